The van der Waals surface area contributed by atoms with E-state index in [9.17, 15) is 0 Å². The molecule has 0 aliphatic heterocycles. The van der Waals surface area contributed by atoms with Crippen molar-refractivity contribution in [1.82, 2.24) is 0 Å². The van der Waals surface area contributed by atoms with Gasteiger partial charge in [0.25, 0.3) is 0 Å². The van der Waals surface area contributed by atoms with E-state index in [-0.39, 0.29) is 0 Å². The Morgan fingerprint density at radius 3 is 2.48 bits per heavy atom. The highest BCUT2D eigenvalue weighted by Gasteiger charge is 2.58. The molecule has 0 saturated heterocycles. The van der Waals surface area contributed by atoms with Gasteiger partial charge in [-0.2, -0.15) is 0 Å². The van der Waals surface area contributed by atoms with Crippen molar-refractivity contribution in [2.45, 2.75) is 106 Å². The summed E-state index contributed by atoms with van der Waals surface area (Å²) in [6.07, 6.45) is 22.2. The second kappa shape index (κ2) is 8.20. The van der Waals surface area contributed by atoms with Gasteiger partial charge >= 0.3 is 0 Å². The maximum atomic E-state index is 2.74. The minimum absolute atomic E-state index is 0.538. The molecule has 0 N–H and O–H groups in total. The van der Waals surface area contributed by atoms with Crippen molar-refractivity contribution in [1.29, 1.82) is 0 Å². The molecule has 3 saturated carbocycles. The second-order valence-corrected chi connectivity index (χ2v) is 12.2. The van der Waals surface area contributed by atoms with Crippen molar-refractivity contribution in [3.8, 4) is 0 Å². The van der Waals surface area contributed by atoms with Gasteiger partial charge in [-0.15, -0.1) is 0 Å². The van der Waals surface area contributed by atoms with Gasteiger partial charge in [0.05, 0.1) is 0 Å². The number of rotatable bonds is 5. The molecule has 3 fully saturated rings. The molecule has 0 aromatic heterocycles. The zero-order chi connectivity index (χ0) is 20.8. The molecule has 0 amide bonds. The first-order valence-corrected chi connectivity index (χ1v) is 13.2. The van der Waals surface area contributed by atoms with Crippen LogP contribution in [0.3, 0.4) is 0 Å². The molecule has 0 aromatic rings. The van der Waals surface area contributed by atoms with Crippen molar-refractivity contribution >= 4 is 0 Å². The van der Waals surface area contributed by atoms with E-state index in [2.05, 4.69) is 59.8 Å². The molecule has 0 nitrogen and oxygen atoms in total. The highest BCUT2D eigenvalue weighted by Crippen LogP contribution is 2.67. The minimum atomic E-state index is 0.538. The van der Waals surface area contributed by atoms with Crippen LogP contribution in [0.25, 0.3) is 0 Å². The fourth-order valence-corrected chi connectivity index (χ4v) is 8.77. The largest absolute Gasteiger partial charge is 0.0852 e. The topological polar surface area (TPSA) is 0 Å². The van der Waals surface area contributed by atoms with E-state index < -0.39 is 0 Å². The molecule has 4 rings (SSSR count). The van der Waals surface area contributed by atoms with Crippen molar-refractivity contribution in [3.05, 3.63) is 23.8 Å². The molecule has 4 aliphatic carbocycles. The SMILES string of the molecule is CCC(/C=C/[C@@H](C)[C@H]1CC[C@H]2[C@@H]3CC=C4C[C@@H](C)CC[C@]4(C)[C@H]3CC[C@]12C)CC. The molecule has 0 aromatic carbocycles. The third kappa shape index (κ3) is 3.59. The molecule has 0 heterocycles. The standard InChI is InChI=1S/C29H48/c1-7-22(8-2)10-9-21(4)25-13-14-26-24-12-11-23-19-20(3)15-17-28(23,5)27(24)16-18-29(25,26)6/h9-11,20-22,24-27H,7-8,12-19H2,1-6H3/b10-9+/t20-,21+,24-,25+,26-,27-,28-,29+/m0/s1. The van der Waals surface area contributed by atoms with E-state index in [0.717, 1.165) is 41.4 Å². The van der Waals surface area contributed by atoms with Gasteiger partial charge in [-0.3, -0.25) is 0 Å². The third-order valence-corrected chi connectivity index (χ3v) is 10.8. The number of hydrogen-bond donors (Lipinski definition) is 0. The van der Waals surface area contributed by atoms with Gasteiger partial charge in [-0.1, -0.05) is 65.3 Å². The average molecular weight is 397 g/mol. The van der Waals surface area contributed by atoms with Crippen LogP contribution < -0.4 is 0 Å². The number of allylic oxidation sites excluding steroid dienone is 4. The van der Waals surface area contributed by atoms with Crippen LogP contribution in [0.2, 0.25) is 0 Å². The highest BCUT2D eigenvalue weighted by atomic mass is 14.6. The van der Waals surface area contributed by atoms with Gasteiger partial charge in [0.2, 0.25) is 0 Å². The Balaban J connectivity index is 1.53. The summed E-state index contributed by atoms with van der Waals surface area (Å²) in [6.45, 7) is 15.1. The average Bonchev–Trinajstić information content (AvgIpc) is 3.06. The Bertz CT molecular complexity index is 636. The Kier molecular flexibility index (Phi) is 6.14. The molecular formula is C29H48. The summed E-state index contributed by atoms with van der Waals surface area (Å²) >= 11 is 0. The highest BCUT2D eigenvalue weighted by molar-refractivity contribution is 5.25. The Morgan fingerprint density at radius 1 is 1.00 bits per heavy atom. The fraction of sp³-hybridized carbons (Fsp3) is 0.862. The third-order valence-electron chi connectivity index (χ3n) is 10.8. The lowest BCUT2D eigenvalue weighted by atomic mass is 9.46. The van der Waals surface area contributed by atoms with E-state index in [1.807, 2.05) is 5.57 Å². The molecule has 0 radical (unpaired) electrons. The molecule has 0 spiro atoms. The number of hydrogen-bond acceptors (Lipinski definition) is 0. The van der Waals surface area contributed by atoms with E-state index in [4.69, 9.17) is 0 Å². The quantitative estimate of drug-likeness (QED) is 0.407. The maximum Gasteiger partial charge on any atom is -0.00851 e. The Hall–Kier alpha value is -0.520. The van der Waals surface area contributed by atoms with Crippen LogP contribution in [0.5, 0.6) is 0 Å². The summed E-state index contributed by atoms with van der Waals surface area (Å²) in [5.74, 6) is 6.28. The number of fused-ring (bicyclic) bond motifs is 5. The zero-order valence-electron chi connectivity index (χ0n) is 20.3. The van der Waals surface area contributed by atoms with E-state index in [1.54, 1.807) is 0 Å². The first-order chi connectivity index (χ1) is 13.8. The summed E-state index contributed by atoms with van der Waals surface area (Å²) in [7, 11) is 0. The van der Waals surface area contributed by atoms with Gasteiger partial charge in [0, 0.05) is 0 Å². The normalized spacial score (nSPS) is 45.6. The van der Waals surface area contributed by atoms with Gasteiger partial charge in [0.15, 0.2) is 0 Å². The molecule has 0 unspecified atom stereocenters. The van der Waals surface area contributed by atoms with Crippen molar-refractivity contribution in [2.24, 2.45) is 52.3 Å². The summed E-state index contributed by atoms with van der Waals surface area (Å²) in [5.41, 5.74) is 2.98. The van der Waals surface area contributed by atoms with Gasteiger partial charge in [-0.25, -0.2) is 0 Å². The predicted octanol–water partition coefficient (Wildman–Crippen LogP) is 8.83. The van der Waals surface area contributed by atoms with Gasteiger partial charge in [-0.05, 0) is 116 Å². The van der Waals surface area contributed by atoms with Crippen molar-refractivity contribution < 1.29 is 0 Å². The summed E-state index contributed by atoms with van der Waals surface area (Å²) < 4.78 is 0. The van der Waals surface area contributed by atoms with Crippen LogP contribution in [0.15, 0.2) is 23.8 Å². The molecule has 0 bridgehead atoms. The van der Waals surface area contributed by atoms with Crippen LogP contribution >= 0.6 is 0 Å². The lowest BCUT2D eigenvalue weighted by molar-refractivity contribution is -0.0486. The van der Waals surface area contributed by atoms with Crippen LogP contribution in [0.1, 0.15) is 106 Å². The lowest BCUT2D eigenvalue weighted by Gasteiger charge is -2.58. The molecule has 0 heteroatoms. The smallest absolute Gasteiger partial charge is 0.00851 e. The first kappa shape index (κ1) is 21.7. The minimum Gasteiger partial charge on any atom is -0.0852 e. The molecule has 8 atom stereocenters. The summed E-state index contributed by atoms with van der Waals surface area (Å²) in [4.78, 5) is 0. The van der Waals surface area contributed by atoms with Crippen LogP contribution in [0, 0.1) is 52.3 Å². The van der Waals surface area contributed by atoms with Gasteiger partial charge < -0.3 is 0 Å². The molecule has 29 heavy (non-hydrogen) atoms. The summed E-state index contributed by atoms with van der Waals surface area (Å²) in [5, 5.41) is 0. The summed E-state index contributed by atoms with van der Waals surface area (Å²) in [6, 6.07) is 0. The van der Waals surface area contributed by atoms with E-state index >= 15 is 0 Å². The van der Waals surface area contributed by atoms with Crippen LogP contribution in [-0.4, -0.2) is 0 Å². The van der Waals surface area contributed by atoms with E-state index in [1.165, 1.54) is 64.2 Å². The lowest BCUT2D eigenvalue weighted by Crippen LogP contribution is -2.50. The fourth-order valence-electron chi connectivity index (χ4n) is 8.77. The zero-order valence-corrected chi connectivity index (χ0v) is 20.3. The van der Waals surface area contributed by atoms with Crippen molar-refractivity contribution in [3.63, 3.8) is 0 Å². The van der Waals surface area contributed by atoms with E-state index in [0.29, 0.717) is 10.8 Å². The van der Waals surface area contributed by atoms with Crippen molar-refractivity contribution in [2.75, 3.05) is 0 Å². The predicted molar refractivity (Wildman–Crippen MR) is 127 cm³/mol. The second-order valence-electron chi connectivity index (χ2n) is 12.2. The Labute approximate surface area is 182 Å². The Morgan fingerprint density at radius 2 is 1.76 bits per heavy atom. The maximum absolute atomic E-state index is 2.74. The molecular weight excluding hydrogens is 348 g/mol. The first-order valence-electron chi connectivity index (χ1n) is 13.2. The monoisotopic (exact) mass is 396 g/mol. The van der Waals surface area contributed by atoms with Crippen LogP contribution in [0.4, 0.5) is 0 Å². The van der Waals surface area contributed by atoms with Gasteiger partial charge in [0.1, 0.15) is 0 Å². The molecule has 164 valence electrons. The molecule has 4 aliphatic rings. The van der Waals surface area contributed by atoms with Crippen LogP contribution in [-0.2, 0) is 0 Å².